The smallest absolute Gasteiger partial charge is 0.0659 e. The van der Waals surface area contributed by atoms with Gasteiger partial charge in [0, 0.05) is 13.2 Å². The van der Waals surface area contributed by atoms with E-state index in [0.29, 0.717) is 5.92 Å². The Kier molecular flexibility index (Phi) is 2.38. The van der Waals surface area contributed by atoms with Gasteiger partial charge in [-0.15, -0.1) is 0 Å². The molecule has 0 saturated carbocycles. The second-order valence-electron chi connectivity index (χ2n) is 4.94. The van der Waals surface area contributed by atoms with Crippen LogP contribution in [0.1, 0.15) is 44.4 Å². The Bertz CT molecular complexity index is 325. The SMILES string of the molecule is CC(C)C1CCc2nn(C)cc2C1C. The topological polar surface area (TPSA) is 17.8 Å². The van der Waals surface area contributed by atoms with Crippen LogP contribution in [0.5, 0.6) is 0 Å². The molecule has 0 fully saturated rings. The molecule has 0 amide bonds. The number of hydrogen-bond acceptors (Lipinski definition) is 1. The fourth-order valence-electron chi connectivity index (χ4n) is 2.82. The zero-order valence-electron chi connectivity index (χ0n) is 9.62. The largest absolute Gasteiger partial charge is 0.275 e. The first kappa shape index (κ1) is 9.75. The number of aryl methyl sites for hydroxylation is 2. The van der Waals surface area contributed by atoms with Gasteiger partial charge in [0.2, 0.25) is 0 Å². The summed E-state index contributed by atoms with van der Waals surface area (Å²) in [6.07, 6.45) is 4.68. The van der Waals surface area contributed by atoms with Gasteiger partial charge in [0.15, 0.2) is 0 Å². The van der Waals surface area contributed by atoms with Crippen LogP contribution >= 0.6 is 0 Å². The zero-order chi connectivity index (χ0) is 10.3. The molecule has 1 heterocycles. The van der Waals surface area contributed by atoms with Crippen LogP contribution in [0.25, 0.3) is 0 Å². The minimum Gasteiger partial charge on any atom is -0.275 e. The summed E-state index contributed by atoms with van der Waals surface area (Å²) in [7, 11) is 2.02. The minimum atomic E-state index is 0.687. The van der Waals surface area contributed by atoms with Crippen LogP contribution < -0.4 is 0 Å². The summed E-state index contributed by atoms with van der Waals surface area (Å²) in [5, 5.41) is 4.51. The summed E-state index contributed by atoms with van der Waals surface area (Å²) in [4.78, 5) is 0. The van der Waals surface area contributed by atoms with Crippen molar-refractivity contribution in [3.8, 4) is 0 Å². The van der Waals surface area contributed by atoms with E-state index >= 15 is 0 Å². The summed E-state index contributed by atoms with van der Waals surface area (Å²) < 4.78 is 1.96. The van der Waals surface area contributed by atoms with Crippen molar-refractivity contribution in [1.82, 2.24) is 9.78 Å². The van der Waals surface area contributed by atoms with Crippen LogP contribution in [-0.2, 0) is 13.5 Å². The van der Waals surface area contributed by atoms with Crippen LogP contribution in [0.2, 0.25) is 0 Å². The molecule has 2 nitrogen and oxygen atoms in total. The number of rotatable bonds is 1. The first-order valence-corrected chi connectivity index (χ1v) is 5.62. The number of aromatic nitrogens is 2. The second kappa shape index (κ2) is 3.41. The number of hydrogen-bond donors (Lipinski definition) is 0. The van der Waals surface area contributed by atoms with Gasteiger partial charge in [0.05, 0.1) is 5.69 Å². The summed E-state index contributed by atoms with van der Waals surface area (Å²) in [5.41, 5.74) is 2.81. The van der Waals surface area contributed by atoms with E-state index in [1.165, 1.54) is 24.1 Å². The Morgan fingerprint density at radius 3 is 2.86 bits per heavy atom. The molecule has 1 aliphatic carbocycles. The van der Waals surface area contributed by atoms with Crippen LogP contribution in [0, 0.1) is 11.8 Å². The normalized spacial score (nSPS) is 26.6. The highest BCUT2D eigenvalue weighted by atomic mass is 15.3. The molecule has 1 aromatic rings. The molecule has 2 heteroatoms. The van der Waals surface area contributed by atoms with E-state index in [9.17, 15) is 0 Å². The van der Waals surface area contributed by atoms with Crippen LogP contribution in [-0.4, -0.2) is 9.78 Å². The van der Waals surface area contributed by atoms with E-state index < -0.39 is 0 Å². The molecule has 0 radical (unpaired) electrons. The van der Waals surface area contributed by atoms with Gasteiger partial charge in [0.1, 0.15) is 0 Å². The predicted octanol–water partition coefficient (Wildman–Crippen LogP) is 2.74. The van der Waals surface area contributed by atoms with E-state index in [0.717, 1.165) is 11.8 Å². The zero-order valence-corrected chi connectivity index (χ0v) is 9.62. The summed E-state index contributed by atoms with van der Waals surface area (Å²) in [6.45, 7) is 7.02. The average Bonchev–Trinajstić information content (AvgIpc) is 2.46. The van der Waals surface area contributed by atoms with Gasteiger partial charge in [-0.05, 0) is 36.2 Å². The van der Waals surface area contributed by atoms with Crippen molar-refractivity contribution < 1.29 is 0 Å². The third-order valence-corrected chi connectivity index (χ3v) is 3.64. The van der Waals surface area contributed by atoms with E-state index in [1.54, 1.807) is 0 Å². The Labute approximate surface area is 86.3 Å². The second-order valence-corrected chi connectivity index (χ2v) is 4.94. The van der Waals surface area contributed by atoms with Gasteiger partial charge in [-0.2, -0.15) is 5.10 Å². The molecule has 78 valence electrons. The Balaban J connectivity index is 2.31. The molecule has 0 aromatic carbocycles. The fraction of sp³-hybridized carbons (Fsp3) is 0.750. The lowest BCUT2D eigenvalue weighted by Crippen LogP contribution is -2.22. The summed E-state index contributed by atoms with van der Waals surface area (Å²) in [5.74, 6) is 2.32. The van der Waals surface area contributed by atoms with Crippen LogP contribution in [0.4, 0.5) is 0 Å². The quantitative estimate of drug-likeness (QED) is 0.669. The molecule has 2 atom stereocenters. The highest BCUT2D eigenvalue weighted by Crippen LogP contribution is 2.39. The first-order valence-electron chi connectivity index (χ1n) is 5.62. The average molecular weight is 192 g/mol. The van der Waals surface area contributed by atoms with Crippen molar-refractivity contribution in [2.75, 3.05) is 0 Å². The molecule has 0 aliphatic heterocycles. The molecule has 0 N–H and O–H groups in total. The lowest BCUT2D eigenvalue weighted by molar-refractivity contribution is 0.294. The minimum absolute atomic E-state index is 0.687. The predicted molar refractivity (Wildman–Crippen MR) is 58.3 cm³/mol. The molecule has 2 rings (SSSR count). The van der Waals surface area contributed by atoms with Crippen LogP contribution in [0.3, 0.4) is 0 Å². The molecule has 14 heavy (non-hydrogen) atoms. The first-order chi connectivity index (χ1) is 6.59. The van der Waals surface area contributed by atoms with Crippen molar-refractivity contribution in [3.05, 3.63) is 17.5 Å². The van der Waals surface area contributed by atoms with Gasteiger partial charge in [-0.25, -0.2) is 0 Å². The summed E-state index contributed by atoms with van der Waals surface area (Å²) in [6, 6.07) is 0. The molecule has 0 saturated heterocycles. The van der Waals surface area contributed by atoms with Crippen molar-refractivity contribution in [2.45, 2.75) is 39.5 Å². The van der Waals surface area contributed by atoms with E-state index in [4.69, 9.17) is 0 Å². The van der Waals surface area contributed by atoms with Crippen molar-refractivity contribution >= 4 is 0 Å². The maximum absolute atomic E-state index is 4.51. The molecule has 2 unspecified atom stereocenters. The third-order valence-electron chi connectivity index (χ3n) is 3.64. The summed E-state index contributed by atoms with van der Waals surface area (Å²) >= 11 is 0. The third kappa shape index (κ3) is 1.47. The van der Waals surface area contributed by atoms with E-state index in [1.807, 2.05) is 11.7 Å². The van der Waals surface area contributed by atoms with Gasteiger partial charge in [-0.3, -0.25) is 4.68 Å². The van der Waals surface area contributed by atoms with Gasteiger partial charge in [-0.1, -0.05) is 20.8 Å². The molecular formula is C12H20N2. The standard InChI is InChI=1S/C12H20N2/c1-8(2)10-5-6-12-11(9(10)3)7-14(4)13-12/h7-10H,5-6H2,1-4H3. The molecule has 1 aliphatic rings. The lowest BCUT2D eigenvalue weighted by atomic mass is 9.73. The maximum Gasteiger partial charge on any atom is 0.0659 e. The van der Waals surface area contributed by atoms with Crippen molar-refractivity contribution in [1.29, 1.82) is 0 Å². The molecular weight excluding hydrogens is 172 g/mol. The van der Waals surface area contributed by atoms with Crippen LogP contribution in [0.15, 0.2) is 6.20 Å². The van der Waals surface area contributed by atoms with E-state index in [-0.39, 0.29) is 0 Å². The molecule has 0 bridgehead atoms. The number of fused-ring (bicyclic) bond motifs is 1. The Morgan fingerprint density at radius 2 is 2.21 bits per heavy atom. The number of nitrogens with zero attached hydrogens (tertiary/aromatic N) is 2. The monoisotopic (exact) mass is 192 g/mol. The Hall–Kier alpha value is -0.790. The van der Waals surface area contributed by atoms with Crippen molar-refractivity contribution in [3.63, 3.8) is 0 Å². The van der Waals surface area contributed by atoms with Gasteiger partial charge in [0.25, 0.3) is 0 Å². The molecule has 0 spiro atoms. The maximum atomic E-state index is 4.51. The highest BCUT2D eigenvalue weighted by molar-refractivity contribution is 5.25. The van der Waals surface area contributed by atoms with Crippen molar-refractivity contribution in [2.24, 2.45) is 18.9 Å². The van der Waals surface area contributed by atoms with E-state index in [2.05, 4.69) is 32.1 Å². The molecule has 1 aromatic heterocycles. The van der Waals surface area contributed by atoms with Gasteiger partial charge >= 0.3 is 0 Å². The fourth-order valence-corrected chi connectivity index (χ4v) is 2.82. The van der Waals surface area contributed by atoms with Gasteiger partial charge < -0.3 is 0 Å². The Morgan fingerprint density at radius 1 is 1.50 bits per heavy atom. The lowest BCUT2D eigenvalue weighted by Gasteiger charge is -2.31. The highest BCUT2D eigenvalue weighted by Gasteiger charge is 2.29.